The van der Waals surface area contributed by atoms with E-state index in [1.165, 1.54) is 24.3 Å². The second-order valence-corrected chi connectivity index (χ2v) is 7.30. The predicted octanol–water partition coefficient (Wildman–Crippen LogP) is 7.10. The van der Waals surface area contributed by atoms with Crippen LogP contribution in [0.2, 0.25) is 5.02 Å². The molecule has 3 aromatic carbocycles. The molecule has 156 valence electrons. The van der Waals surface area contributed by atoms with Crippen LogP contribution >= 0.6 is 11.6 Å². The van der Waals surface area contributed by atoms with Crippen molar-refractivity contribution in [1.82, 2.24) is 4.98 Å². The van der Waals surface area contributed by atoms with Gasteiger partial charge in [0.25, 0.3) is 0 Å². The topological polar surface area (TPSA) is 34.5 Å². The van der Waals surface area contributed by atoms with Crippen molar-refractivity contribution in [2.24, 2.45) is 4.99 Å². The lowest BCUT2D eigenvalue weighted by molar-refractivity contribution is 0.341. The summed E-state index contributed by atoms with van der Waals surface area (Å²) in [7, 11) is 0. The lowest BCUT2D eigenvalue weighted by atomic mass is 9.98. The number of hydrogen-bond acceptors (Lipinski definition) is 3. The number of nitrogens with zero attached hydrogens (tertiary/aromatic N) is 2. The molecule has 0 spiro atoms. The molecule has 31 heavy (non-hydrogen) atoms. The molecule has 0 saturated carbocycles. The summed E-state index contributed by atoms with van der Waals surface area (Å²) in [6.07, 6.45) is 0. The lowest BCUT2D eigenvalue weighted by Gasteiger charge is -2.15. The monoisotopic (exact) mass is 436 g/mol. The van der Waals surface area contributed by atoms with Crippen LogP contribution in [0.5, 0.6) is 5.75 Å². The van der Waals surface area contributed by atoms with Crippen molar-refractivity contribution in [2.45, 2.75) is 13.5 Å². The largest absolute Gasteiger partial charge is 0.493 e. The average molecular weight is 437 g/mol. The van der Waals surface area contributed by atoms with Gasteiger partial charge in [0.05, 0.1) is 29.4 Å². The number of halogens is 3. The zero-order valence-electron chi connectivity index (χ0n) is 16.8. The lowest BCUT2D eigenvalue weighted by Crippen LogP contribution is -1.99. The molecule has 0 aliphatic rings. The molecule has 0 unspecified atom stereocenters. The quantitative estimate of drug-likeness (QED) is 0.302. The third-order valence-electron chi connectivity index (χ3n) is 4.97. The molecule has 1 aromatic heterocycles. The van der Waals surface area contributed by atoms with Gasteiger partial charge in [-0.3, -0.25) is 4.99 Å². The van der Waals surface area contributed by atoms with Gasteiger partial charge in [0, 0.05) is 22.1 Å². The molecule has 0 amide bonds. The average Bonchev–Trinajstić information content (AvgIpc) is 2.77. The zero-order valence-corrected chi connectivity index (χ0v) is 17.6. The van der Waals surface area contributed by atoms with Crippen LogP contribution in [-0.4, -0.2) is 18.3 Å². The van der Waals surface area contributed by atoms with E-state index in [-0.39, 0.29) is 17.1 Å². The first kappa shape index (κ1) is 20.9. The van der Waals surface area contributed by atoms with Crippen molar-refractivity contribution >= 4 is 29.2 Å². The summed E-state index contributed by atoms with van der Waals surface area (Å²) in [5, 5.41) is 0.740. The Labute approximate surface area is 184 Å². The highest BCUT2D eigenvalue weighted by Gasteiger charge is 2.19. The van der Waals surface area contributed by atoms with Crippen molar-refractivity contribution in [3.8, 4) is 28.1 Å². The molecule has 0 N–H and O–H groups in total. The van der Waals surface area contributed by atoms with Gasteiger partial charge in [-0.25, -0.2) is 13.8 Å². The molecule has 6 heteroatoms. The Hall–Kier alpha value is -3.31. The molecule has 0 fully saturated rings. The van der Waals surface area contributed by atoms with Crippen LogP contribution in [0.25, 0.3) is 33.3 Å². The molecule has 0 bridgehead atoms. The molecule has 0 aliphatic heterocycles. The van der Waals surface area contributed by atoms with Crippen LogP contribution in [0.4, 0.5) is 8.78 Å². The summed E-state index contributed by atoms with van der Waals surface area (Å²) >= 11 is 6.55. The van der Waals surface area contributed by atoms with Gasteiger partial charge in [-0.1, -0.05) is 35.9 Å². The van der Waals surface area contributed by atoms with Crippen molar-refractivity contribution < 1.29 is 13.5 Å². The Bertz CT molecular complexity index is 1290. The summed E-state index contributed by atoms with van der Waals surface area (Å²) in [4.78, 5) is 8.47. The molecule has 4 aromatic rings. The molecule has 1 heterocycles. The van der Waals surface area contributed by atoms with E-state index in [0.29, 0.717) is 40.1 Å². The smallest absolute Gasteiger partial charge is 0.133 e. The Balaban J connectivity index is 1.88. The van der Waals surface area contributed by atoms with Crippen molar-refractivity contribution in [3.63, 3.8) is 0 Å². The van der Waals surface area contributed by atoms with Gasteiger partial charge in [0.2, 0.25) is 0 Å². The number of pyridine rings is 1. The number of rotatable bonds is 6. The van der Waals surface area contributed by atoms with E-state index >= 15 is 4.39 Å². The van der Waals surface area contributed by atoms with Crippen molar-refractivity contribution in [3.05, 3.63) is 82.9 Å². The van der Waals surface area contributed by atoms with E-state index in [0.717, 1.165) is 5.56 Å². The van der Waals surface area contributed by atoms with Gasteiger partial charge < -0.3 is 4.74 Å². The zero-order chi connectivity index (χ0) is 22.0. The van der Waals surface area contributed by atoms with Crippen LogP contribution in [0.15, 0.2) is 65.7 Å². The molecule has 3 nitrogen and oxygen atoms in total. The van der Waals surface area contributed by atoms with Gasteiger partial charge in [0.15, 0.2) is 0 Å². The van der Waals surface area contributed by atoms with Crippen LogP contribution < -0.4 is 4.74 Å². The summed E-state index contributed by atoms with van der Waals surface area (Å²) in [6, 6.07) is 16.5. The van der Waals surface area contributed by atoms with E-state index < -0.39 is 11.6 Å². The third kappa shape index (κ3) is 4.01. The maximum absolute atomic E-state index is 15.3. The summed E-state index contributed by atoms with van der Waals surface area (Å²) in [6.45, 7) is 6.05. The SMILES string of the molecule is C=NCc1c(-c2ccc(-c3ccccc3OCC)cc2F)nc2ccc(F)cc2c1Cl. The summed E-state index contributed by atoms with van der Waals surface area (Å²) in [5.74, 6) is -0.202. The Morgan fingerprint density at radius 1 is 1.03 bits per heavy atom. The Kier molecular flexibility index (Phi) is 5.96. The van der Waals surface area contributed by atoms with Gasteiger partial charge in [-0.15, -0.1) is 0 Å². The van der Waals surface area contributed by atoms with Crippen LogP contribution in [0, 0.1) is 11.6 Å². The molecule has 0 atom stereocenters. The number of aliphatic imine (C=N–C) groups is 1. The number of para-hydroxylation sites is 1. The number of fused-ring (bicyclic) bond motifs is 1. The number of hydrogen-bond donors (Lipinski definition) is 0. The van der Waals surface area contributed by atoms with Crippen molar-refractivity contribution in [1.29, 1.82) is 0 Å². The fourth-order valence-corrected chi connectivity index (χ4v) is 3.88. The van der Waals surface area contributed by atoms with Gasteiger partial charge in [-0.05, 0) is 55.6 Å². The minimum absolute atomic E-state index is 0.127. The Morgan fingerprint density at radius 3 is 2.58 bits per heavy atom. The standard InChI is InChI=1S/C25H19ClF2N2O/c1-3-31-23-7-5-4-6-17(23)15-8-10-18(21(28)12-15)25-20(14-29-2)24(26)19-13-16(27)9-11-22(19)30-25/h4-13H,2-3,14H2,1H3. The minimum atomic E-state index is -0.459. The van der Waals surface area contributed by atoms with E-state index in [2.05, 4.69) is 16.7 Å². The Morgan fingerprint density at radius 2 is 1.84 bits per heavy atom. The molecule has 4 rings (SSSR count). The van der Waals surface area contributed by atoms with Gasteiger partial charge in [-0.2, -0.15) is 0 Å². The van der Waals surface area contributed by atoms with Crippen LogP contribution in [0.3, 0.4) is 0 Å². The highest BCUT2D eigenvalue weighted by atomic mass is 35.5. The van der Waals surface area contributed by atoms with E-state index in [1.807, 2.05) is 37.3 Å². The summed E-state index contributed by atoms with van der Waals surface area (Å²) in [5.41, 5.74) is 3.09. The number of benzene rings is 3. The van der Waals surface area contributed by atoms with Crippen molar-refractivity contribution in [2.75, 3.05) is 6.61 Å². The first-order valence-electron chi connectivity index (χ1n) is 9.75. The normalized spacial score (nSPS) is 11.0. The first-order chi connectivity index (χ1) is 15.0. The van der Waals surface area contributed by atoms with Crippen LogP contribution in [-0.2, 0) is 6.54 Å². The van der Waals surface area contributed by atoms with E-state index in [1.54, 1.807) is 6.07 Å². The van der Waals surface area contributed by atoms with Crippen LogP contribution in [0.1, 0.15) is 12.5 Å². The minimum Gasteiger partial charge on any atom is -0.493 e. The maximum Gasteiger partial charge on any atom is 0.133 e. The second kappa shape index (κ2) is 8.82. The fourth-order valence-electron chi connectivity index (χ4n) is 3.58. The number of aromatic nitrogens is 1. The predicted molar refractivity (Wildman–Crippen MR) is 122 cm³/mol. The third-order valence-corrected chi connectivity index (χ3v) is 5.40. The van der Waals surface area contributed by atoms with E-state index in [9.17, 15) is 4.39 Å². The highest BCUT2D eigenvalue weighted by molar-refractivity contribution is 6.36. The molecular formula is C25H19ClF2N2O. The fraction of sp³-hybridized carbons (Fsp3) is 0.120. The maximum atomic E-state index is 15.3. The van der Waals surface area contributed by atoms with E-state index in [4.69, 9.17) is 16.3 Å². The highest BCUT2D eigenvalue weighted by Crippen LogP contribution is 2.37. The summed E-state index contributed by atoms with van der Waals surface area (Å²) < 4.78 is 34.7. The van der Waals surface area contributed by atoms with Gasteiger partial charge in [0.1, 0.15) is 17.4 Å². The molecule has 0 saturated heterocycles. The first-order valence-corrected chi connectivity index (χ1v) is 10.1. The number of ether oxygens (including phenoxy) is 1. The molecule has 0 radical (unpaired) electrons. The van der Waals surface area contributed by atoms with Gasteiger partial charge >= 0.3 is 0 Å². The second-order valence-electron chi connectivity index (χ2n) is 6.92. The molecule has 0 aliphatic carbocycles. The molecular weight excluding hydrogens is 418 g/mol.